The zero-order chi connectivity index (χ0) is 31.6. The number of rotatable bonds is 9. The Balaban J connectivity index is 1.17. The van der Waals surface area contributed by atoms with Crippen LogP contribution in [0.25, 0.3) is 11.1 Å². The molecule has 1 heterocycles. The Bertz CT molecular complexity index is 1520. The molecule has 4 aliphatic rings. The number of methoxy groups -OCH3 is 1. The number of hydrogen-bond donors (Lipinski definition) is 2. The summed E-state index contributed by atoms with van der Waals surface area (Å²) in [5.74, 6) is 0.904. The van der Waals surface area contributed by atoms with Gasteiger partial charge < -0.3 is 20.3 Å². The molecule has 3 aromatic carbocycles. The molecule has 236 valence electrons. The summed E-state index contributed by atoms with van der Waals surface area (Å²) >= 11 is 0. The van der Waals surface area contributed by atoms with Gasteiger partial charge in [-0.05, 0) is 86.1 Å². The number of hydrogen-bond acceptors (Lipinski definition) is 4. The van der Waals surface area contributed by atoms with Crippen molar-refractivity contribution in [2.24, 2.45) is 5.41 Å². The molecule has 3 aliphatic carbocycles. The minimum atomic E-state index is -0.680. The number of nitrogens with zero attached hydrogens (tertiary/aromatic N) is 1. The second-order valence-corrected chi connectivity index (χ2v) is 13.5. The van der Waals surface area contributed by atoms with Gasteiger partial charge >= 0.3 is 0 Å². The zero-order valence-corrected chi connectivity index (χ0v) is 26.7. The predicted octanol–water partition coefficient (Wildman–Crippen LogP) is 6.79. The summed E-state index contributed by atoms with van der Waals surface area (Å²) in [6, 6.07) is 22.9. The third-order valence-corrected chi connectivity index (χ3v) is 10.5. The topological polar surface area (TPSA) is 87.7 Å². The molecule has 7 nitrogen and oxygen atoms in total. The lowest BCUT2D eigenvalue weighted by Gasteiger charge is -2.52. The molecular weight excluding hydrogens is 562 g/mol. The lowest BCUT2D eigenvalue weighted by molar-refractivity contribution is -0.143. The summed E-state index contributed by atoms with van der Waals surface area (Å²) in [7, 11) is 1.63. The second-order valence-electron chi connectivity index (χ2n) is 13.5. The number of likely N-dealkylation sites (tertiary alicyclic amines) is 1. The van der Waals surface area contributed by atoms with Gasteiger partial charge in [-0.1, -0.05) is 74.5 Å². The normalized spacial score (nSPS) is 23.1. The Morgan fingerprint density at radius 2 is 1.42 bits per heavy atom. The first-order valence-corrected chi connectivity index (χ1v) is 16.5. The highest BCUT2D eigenvalue weighted by Crippen LogP contribution is 2.53. The number of fused-ring (bicyclic) bond motifs is 3. The van der Waals surface area contributed by atoms with Crippen molar-refractivity contribution < 1.29 is 19.1 Å². The van der Waals surface area contributed by atoms with Crippen molar-refractivity contribution in [3.05, 3.63) is 89.5 Å². The van der Waals surface area contributed by atoms with Crippen LogP contribution < -0.4 is 15.4 Å². The molecule has 7 heteroatoms. The summed E-state index contributed by atoms with van der Waals surface area (Å²) < 4.78 is 5.72. The maximum atomic E-state index is 14.0. The Hall–Kier alpha value is -4.13. The average molecular weight is 608 g/mol. The molecule has 0 aromatic heterocycles. The minimum Gasteiger partial charge on any atom is -0.496 e. The first-order chi connectivity index (χ1) is 21.7. The maximum absolute atomic E-state index is 14.0. The van der Waals surface area contributed by atoms with Gasteiger partial charge in [0.2, 0.25) is 11.8 Å². The molecule has 7 rings (SSSR count). The molecule has 1 aliphatic heterocycles. The van der Waals surface area contributed by atoms with Crippen LogP contribution in [0.4, 0.5) is 0 Å². The third-order valence-electron chi connectivity index (χ3n) is 10.5. The van der Waals surface area contributed by atoms with E-state index in [2.05, 4.69) is 48.7 Å². The lowest BCUT2D eigenvalue weighted by atomic mass is 9.56. The molecule has 3 amide bonds. The quantitative estimate of drug-likeness (QED) is 0.281. The smallest absolute Gasteiger partial charge is 0.252 e. The van der Waals surface area contributed by atoms with Crippen molar-refractivity contribution in [1.82, 2.24) is 15.5 Å². The summed E-state index contributed by atoms with van der Waals surface area (Å²) in [5, 5.41) is 6.61. The van der Waals surface area contributed by atoms with Crippen LogP contribution in [0.5, 0.6) is 5.75 Å². The molecule has 45 heavy (non-hydrogen) atoms. The van der Waals surface area contributed by atoms with Crippen LogP contribution in [0.1, 0.15) is 98.7 Å². The van der Waals surface area contributed by atoms with Crippen molar-refractivity contribution >= 4 is 17.7 Å². The largest absolute Gasteiger partial charge is 0.496 e. The van der Waals surface area contributed by atoms with E-state index in [1.165, 1.54) is 5.56 Å². The van der Waals surface area contributed by atoms with Crippen LogP contribution in [0.2, 0.25) is 0 Å². The standard InChI is InChI=1S/C38H45N3O4/c1-26(2)27-14-16-28(17-15-27)32-30(12-9-13-31(32)45-3)34(42)40-38-21-18-37(19-22-38,20-23-38)36(44)39-33(29-10-5-4-6-11-29)35(43)41-24-7-8-25-41/h4-6,9-17,26,33H,7-8,18-25H2,1-3H3,(H,39,44)(H,40,42)/t33-,37?,38?/m0/s1. The molecule has 2 bridgehead atoms. The highest BCUT2D eigenvalue weighted by Gasteiger charge is 2.53. The lowest BCUT2D eigenvalue weighted by Crippen LogP contribution is -2.60. The third kappa shape index (κ3) is 6.09. The second kappa shape index (κ2) is 12.7. The monoisotopic (exact) mass is 607 g/mol. The molecule has 0 unspecified atom stereocenters. The summed E-state index contributed by atoms with van der Waals surface area (Å²) in [6.45, 7) is 5.81. The predicted molar refractivity (Wildman–Crippen MR) is 176 cm³/mol. The van der Waals surface area contributed by atoms with Crippen molar-refractivity contribution in [3.63, 3.8) is 0 Å². The fraction of sp³-hybridized carbons (Fsp3) is 0.447. The highest BCUT2D eigenvalue weighted by atomic mass is 16.5. The molecule has 1 atom stereocenters. The van der Waals surface area contributed by atoms with Crippen LogP contribution in [0.3, 0.4) is 0 Å². The Labute approximate surface area is 266 Å². The number of ether oxygens (including phenoxy) is 1. The summed E-state index contributed by atoms with van der Waals surface area (Å²) in [4.78, 5) is 43.4. The van der Waals surface area contributed by atoms with E-state index in [1.54, 1.807) is 7.11 Å². The Morgan fingerprint density at radius 3 is 2.02 bits per heavy atom. The molecule has 3 saturated carbocycles. The van der Waals surface area contributed by atoms with E-state index in [1.807, 2.05) is 53.4 Å². The van der Waals surface area contributed by atoms with Crippen molar-refractivity contribution in [2.75, 3.05) is 20.2 Å². The van der Waals surface area contributed by atoms with Gasteiger partial charge in [-0.2, -0.15) is 0 Å². The summed E-state index contributed by atoms with van der Waals surface area (Å²) in [6.07, 6.45) is 6.22. The van der Waals surface area contributed by atoms with Crippen LogP contribution in [-0.2, 0) is 9.59 Å². The molecule has 0 radical (unpaired) electrons. The van der Waals surface area contributed by atoms with Gasteiger partial charge in [0.05, 0.1) is 12.7 Å². The van der Waals surface area contributed by atoms with E-state index in [9.17, 15) is 14.4 Å². The van der Waals surface area contributed by atoms with Crippen LogP contribution in [0.15, 0.2) is 72.8 Å². The van der Waals surface area contributed by atoms with Gasteiger partial charge in [0.15, 0.2) is 0 Å². The molecule has 3 aromatic rings. The molecular formula is C38H45N3O4. The van der Waals surface area contributed by atoms with E-state index in [4.69, 9.17) is 4.74 Å². The molecule has 4 fully saturated rings. The van der Waals surface area contributed by atoms with Gasteiger partial charge in [-0.25, -0.2) is 0 Å². The zero-order valence-electron chi connectivity index (χ0n) is 26.7. The van der Waals surface area contributed by atoms with Gasteiger partial charge in [-0.15, -0.1) is 0 Å². The molecule has 0 spiro atoms. The van der Waals surface area contributed by atoms with E-state index in [-0.39, 0.29) is 23.3 Å². The van der Waals surface area contributed by atoms with Crippen molar-refractivity contribution in [1.29, 1.82) is 0 Å². The fourth-order valence-corrected chi connectivity index (χ4v) is 7.58. The highest BCUT2D eigenvalue weighted by molar-refractivity contribution is 6.03. The van der Waals surface area contributed by atoms with Gasteiger partial charge in [0.1, 0.15) is 11.8 Å². The van der Waals surface area contributed by atoms with Crippen molar-refractivity contribution in [3.8, 4) is 16.9 Å². The van der Waals surface area contributed by atoms with Gasteiger partial charge in [0.25, 0.3) is 5.91 Å². The van der Waals surface area contributed by atoms with Gasteiger partial charge in [0, 0.05) is 29.6 Å². The van der Waals surface area contributed by atoms with Crippen LogP contribution in [0, 0.1) is 5.41 Å². The SMILES string of the molecule is COc1cccc(C(=O)NC23CCC(C(=O)N[C@H](C(=O)N4CCCC4)c4ccccc4)(CC2)CC3)c1-c1ccc(C(C)C)cc1. The Kier molecular flexibility index (Phi) is 8.71. The number of benzene rings is 3. The number of carbonyl (C=O) groups excluding carboxylic acids is 3. The number of amides is 3. The minimum absolute atomic E-state index is 0.0235. The van der Waals surface area contributed by atoms with Crippen LogP contribution in [-0.4, -0.2) is 48.4 Å². The van der Waals surface area contributed by atoms with E-state index >= 15 is 0 Å². The fourth-order valence-electron chi connectivity index (χ4n) is 7.58. The average Bonchev–Trinajstić information content (AvgIpc) is 3.63. The van der Waals surface area contributed by atoms with E-state index < -0.39 is 11.5 Å². The van der Waals surface area contributed by atoms with Gasteiger partial charge in [-0.3, -0.25) is 14.4 Å². The maximum Gasteiger partial charge on any atom is 0.252 e. The first-order valence-electron chi connectivity index (χ1n) is 16.5. The van der Waals surface area contributed by atoms with E-state index in [0.29, 0.717) is 36.5 Å². The van der Waals surface area contributed by atoms with E-state index in [0.717, 1.165) is 61.9 Å². The number of nitrogens with one attached hydrogen (secondary N) is 2. The summed E-state index contributed by atoms with van der Waals surface area (Å²) in [5.41, 5.74) is 3.51. The number of carbonyl (C=O) groups is 3. The first kappa shape index (κ1) is 30.9. The molecule has 1 saturated heterocycles. The Morgan fingerprint density at radius 1 is 0.778 bits per heavy atom. The van der Waals surface area contributed by atoms with Crippen LogP contribution >= 0.6 is 0 Å². The molecule has 2 N–H and O–H groups in total. The van der Waals surface area contributed by atoms with Crippen molar-refractivity contribution in [2.45, 2.75) is 82.7 Å².